The summed E-state index contributed by atoms with van der Waals surface area (Å²) in [5.41, 5.74) is 7.76. The average molecular weight is 772 g/mol. The Labute approximate surface area is 328 Å². The first kappa shape index (κ1) is 40.4. The SMILES string of the molecule is C#CCCCCCCOc1ccc2c(c1)C(=O)c1ccc(OCCCCCCn3c(=O)c4cc5c(=O)n(CCCCCCN=[N+]=[N-])c(=O)c5cc4c3=O)cc1C2=O. The lowest BCUT2D eigenvalue weighted by atomic mass is 9.84. The molecule has 294 valence electrons. The molecule has 2 aromatic heterocycles. The molecule has 0 aliphatic heterocycles. The minimum Gasteiger partial charge on any atom is -0.494 e. The second-order valence-electron chi connectivity index (χ2n) is 14.4. The predicted molar refractivity (Wildman–Crippen MR) is 218 cm³/mol. The molecule has 57 heavy (non-hydrogen) atoms. The standard InChI is InChI=1S/C44H45N5O8/c1-2-3-4-5-9-14-23-56-29-16-18-31-33(25-29)39(50)32-19-17-30(26-34(32)40(31)51)57-24-15-10-8-13-22-49-43(54)37-27-35-36(28-38(37)44(49)55)42(53)48(41(35)52)21-12-7-6-11-20-46-47-45/h1,16-19,25-28H,3-15,20-24H2. The van der Waals surface area contributed by atoms with Crippen LogP contribution in [0.25, 0.3) is 32.0 Å². The summed E-state index contributed by atoms with van der Waals surface area (Å²) in [6.07, 6.45) is 15.6. The van der Waals surface area contributed by atoms with Crippen LogP contribution >= 0.6 is 0 Å². The van der Waals surface area contributed by atoms with Crippen LogP contribution in [0, 0.1) is 12.3 Å². The summed E-state index contributed by atoms with van der Waals surface area (Å²) >= 11 is 0. The molecular formula is C44H45N5O8. The number of aromatic nitrogens is 2. The second-order valence-corrected chi connectivity index (χ2v) is 14.4. The number of hydrogen-bond donors (Lipinski definition) is 0. The number of unbranched alkanes of at least 4 members (excludes halogenated alkanes) is 10. The minimum atomic E-state index is -0.477. The van der Waals surface area contributed by atoms with E-state index < -0.39 is 22.2 Å². The highest BCUT2D eigenvalue weighted by atomic mass is 16.5. The maximum Gasteiger partial charge on any atom is 0.261 e. The van der Waals surface area contributed by atoms with Gasteiger partial charge < -0.3 is 9.47 Å². The first-order valence-corrected chi connectivity index (χ1v) is 19.7. The Morgan fingerprint density at radius 1 is 0.544 bits per heavy atom. The smallest absolute Gasteiger partial charge is 0.261 e. The highest BCUT2D eigenvalue weighted by molar-refractivity contribution is 6.28. The van der Waals surface area contributed by atoms with E-state index in [0.717, 1.165) is 68.8 Å². The second kappa shape index (κ2) is 19.1. The molecule has 2 heterocycles. The van der Waals surface area contributed by atoms with Gasteiger partial charge in [0.25, 0.3) is 22.2 Å². The van der Waals surface area contributed by atoms with Crippen molar-refractivity contribution in [2.24, 2.45) is 5.11 Å². The Kier molecular flexibility index (Phi) is 13.5. The third-order valence-corrected chi connectivity index (χ3v) is 10.5. The van der Waals surface area contributed by atoms with Gasteiger partial charge in [-0.15, -0.1) is 12.3 Å². The van der Waals surface area contributed by atoms with E-state index in [-0.39, 0.29) is 46.2 Å². The molecule has 1 aliphatic rings. The molecule has 3 aromatic carbocycles. The third kappa shape index (κ3) is 9.08. The molecule has 6 rings (SSSR count). The first-order chi connectivity index (χ1) is 27.7. The largest absolute Gasteiger partial charge is 0.494 e. The number of rotatable bonds is 22. The normalized spacial score (nSPS) is 12.1. The van der Waals surface area contributed by atoms with Crippen LogP contribution in [-0.4, -0.2) is 40.5 Å². The van der Waals surface area contributed by atoms with Crippen molar-refractivity contribution in [1.82, 2.24) is 9.13 Å². The summed E-state index contributed by atoms with van der Waals surface area (Å²) in [7, 11) is 0. The van der Waals surface area contributed by atoms with Crippen LogP contribution in [0.1, 0.15) is 115 Å². The van der Waals surface area contributed by atoms with Gasteiger partial charge in [-0.05, 0) is 92.6 Å². The molecule has 0 atom stereocenters. The summed E-state index contributed by atoms with van der Waals surface area (Å²) in [5.74, 6) is 3.20. The quantitative estimate of drug-likeness (QED) is 0.0229. The molecule has 13 heteroatoms. The zero-order valence-electron chi connectivity index (χ0n) is 31.9. The van der Waals surface area contributed by atoms with Gasteiger partial charge in [-0.2, -0.15) is 0 Å². The van der Waals surface area contributed by atoms with Gasteiger partial charge in [-0.25, -0.2) is 0 Å². The van der Waals surface area contributed by atoms with Crippen molar-refractivity contribution in [2.75, 3.05) is 19.8 Å². The Hall–Kier alpha value is -6.25. The van der Waals surface area contributed by atoms with Crippen LogP contribution in [0.5, 0.6) is 11.5 Å². The molecule has 5 aromatic rings. The van der Waals surface area contributed by atoms with Crippen molar-refractivity contribution in [2.45, 2.75) is 96.6 Å². The van der Waals surface area contributed by atoms with Crippen LogP contribution in [0.15, 0.2) is 72.8 Å². The molecule has 0 spiro atoms. The van der Waals surface area contributed by atoms with Crippen LogP contribution in [0.2, 0.25) is 0 Å². The molecule has 13 nitrogen and oxygen atoms in total. The van der Waals surface area contributed by atoms with Crippen LogP contribution < -0.4 is 31.7 Å². The van der Waals surface area contributed by atoms with E-state index in [2.05, 4.69) is 15.9 Å². The van der Waals surface area contributed by atoms with Gasteiger partial charge >= 0.3 is 0 Å². The van der Waals surface area contributed by atoms with Gasteiger partial charge in [0.1, 0.15) is 11.5 Å². The third-order valence-electron chi connectivity index (χ3n) is 10.5. The van der Waals surface area contributed by atoms with Gasteiger partial charge in [0.05, 0.1) is 34.8 Å². The summed E-state index contributed by atoms with van der Waals surface area (Å²) in [5, 5.41) is 4.04. The van der Waals surface area contributed by atoms with Crippen LogP contribution in [0.3, 0.4) is 0 Å². The van der Waals surface area contributed by atoms with Crippen molar-refractivity contribution in [3.05, 3.63) is 123 Å². The van der Waals surface area contributed by atoms with E-state index in [9.17, 15) is 28.8 Å². The summed E-state index contributed by atoms with van der Waals surface area (Å²) < 4.78 is 14.1. The van der Waals surface area contributed by atoms with Crippen LogP contribution in [-0.2, 0) is 13.1 Å². The maximum atomic E-state index is 13.4. The summed E-state index contributed by atoms with van der Waals surface area (Å²) in [6.45, 7) is 1.73. The van der Waals surface area contributed by atoms with E-state index in [0.29, 0.717) is 72.8 Å². The molecule has 0 radical (unpaired) electrons. The highest BCUT2D eigenvalue weighted by Crippen LogP contribution is 2.32. The van der Waals surface area contributed by atoms with Crippen molar-refractivity contribution >= 4 is 33.1 Å². The molecular weight excluding hydrogens is 727 g/mol. The Morgan fingerprint density at radius 2 is 0.965 bits per heavy atom. The fraction of sp³-hybridized carbons (Fsp3) is 0.409. The van der Waals surface area contributed by atoms with Crippen molar-refractivity contribution in [3.8, 4) is 23.8 Å². The Balaban J connectivity index is 0.969. The number of benzene rings is 3. The van der Waals surface area contributed by atoms with Gasteiger partial charge in [0.15, 0.2) is 11.6 Å². The fourth-order valence-corrected chi connectivity index (χ4v) is 7.41. The van der Waals surface area contributed by atoms with Crippen molar-refractivity contribution in [3.63, 3.8) is 0 Å². The van der Waals surface area contributed by atoms with E-state index in [1.807, 2.05) is 0 Å². The molecule has 1 aliphatic carbocycles. The number of carbonyl (C=O) groups is 2. The zero-order valence-corrected chi connectivity index (χ0v) is 31.9. The predicted octanol–water partition coefficient (Wildman–Crippen LogP) is 7.16. The molecule has 0 fully saturated rings. The number of nitrogens with zero attached hydrogens (tertiary/aromatic N) is 5. The van der Waals surface area contributed by atoms with Crippen LogP contribution in [0.4, 0.5) is 0 Å². The summed E-state index contributed by atoms with van der Waals surface area (Å²) in [4.78, 5) is 82.1. The van der Waals surface area contributed by atoms with E-state index in [1.165, 1.54) is 16.7 Å². The number of terminal acetylenes is 1. The molecule has 0 unspecified atom stereocenters. The number of hydrogen-bond acceptors (Lipinski definition) is 9. The van der Waals surface area contributed by atoms with Crippen molar-refractivity contribution < 1.29 is 19.1 Å². The zero-order chi connectivity index (χ0) is 40.3. The molecule has 0 N–H and O–H groups in total. The Morgan fingerprint density at radius 3 is 1.40 bits per heavy atom. The maximum absolute atomic E-state index is 13.4. The van der Waals surface area contributed by atoms with Gasteiger partial charge in [0.2, 0.25) is 0 Å². The van der Waals surface area contributed by atoms with E-state index in [4.69, 9.17) is 21.4 Å². The number of azide groups is 1. The van der Waals surface area contributed by atoms with Gasteiger partial charge in [0, 0.05) is 53.2 Å². The number of fused-ring (bicyclic) bond motifs is 4. The molecule has 0 saturated carbocycles. The molecule has 0 saturated heterocycles. The Bertz CT molecular complexity index is 2520. The van der Waals surface area contributed by atoms with Gasteiger partial charge in [-0.3, -0.25) is 37.9 Å². The van der Waals surface area contributed by atoms with E-state index in [1.54, 1.807) is 36.4 Å². The number of carbonyl (C=O) groups excluding carboxylic acids is 2. The average Bonchev–Trinajstić information content (AvgIpc) is 3.60. The summed E-state index contributed by atoms with van der Waals surface area (Å²) in [6, 6.07) is 12.7. The molecule has 0 bridgehead atoms. The fourth-order valence-electron chi connectivity index (χ4n) is 7.41. The minimum absolute atomic E-state index is 0.134. The number of ether oxygens (including phenoxy) is 2. The first-order valence-electron chi connectivity index (χ1n) is 19.7. The lowest BCUT2D eigenvalue weighted by Crippen LogP contribution is -2.26. The lowest BCUT2D eigenvalue weighted by molar-refractivity contribution is 0.0978. The van der Waals surface area contributed by atoms with Crippen molar-refractivity contribution in [1.29, 1.82) is 0 Å². The molecule has 0 amide bonds. The van der Waals surface area contributed by atoms with E-state index >= 15 is 0 Å². The topological polar surface area (TPSA) is 180 Å². The lowest BCUT2D eigenvalue weighted by Gasteiger charge is -2.19. The number of ketones is 2. The monoisotopic (exact) mass is 771 g/mol. The van der Waals surface area contributed by atoms with Gasteiger partial charge in [-0.1, -0.05) is 43.6 Å². The highest BCUT2D eigenvalue weighted by Gasteiger charge is 2.30.